The Morgan fingerprint density at radius 2 is 1.83 bits per heavy atom. The van der Waals surface area contributed by atoms with E-state index in [-0.39, 0.29) is 5.88 Å². The molecule has 5 nitrogen and oxygen atoms in total. The first-order valence-corrected chi connectivity index (χ1v) is 7.52. The normalized spacial score (nSPS) is 11.1. The van der Waals surface area contributed by atoms with Gasteiger partial charge in [-0.1, -0.05) is 0 Å². The lowest BCUT2D eigenvalue weighted by Crippen LogP contribution is -1.93. The molecule has 0 amide bonds. The summed E-state index contributed by atoms with van der Waals surface area (Å²) in [5.74, 6) is 1.66. The van der Waals surface area contributed by atoms with E-state index in [4.69, 9.17) is 9.47 Å². The molecule has 4 rings (SSSR count). The molecule has 0 bridgehead atoms. The molecule has 0 fully saturated rings. The van der Waals surface area contributed by atoms with Gasteiger partial charge >= 0.3 is 0 Å². The Balaban J connectivity index is 1.91. The quantitative estimate of drug-likeness (QED) is 0.622. The van der Waals surface area contributed by atoms with Crippen molar-refractivity contribution in [2.24, 2.45) is 0 Å². The second-order valence-electron chi connectivity index (χ2n) is 5.49. The van der Waals surface area contributed by atoms with Gasteiger partial charge in [-0.25, -0.2) is 0 Å². The first kappa shape index (κ1) is 14.4. The van der Waals surface area contributed by atoms with Crippen LogP contribution in [0.15, 0.2) is 54.9 Å². The lowest BCUT2D eigenvalue weighted by Gasteiger charge is -2.08. The van der Waals surface area contributed by atoms with Crippen molar-refractivity contribution in [2.45, 2.75) is 0 Å². The summed E-state index contributed by atoms with van der Waals surface area (Å²) in [7, 11) is 3.25. The minimum absolute atomic E-state index is 0.172. The van der Waals surface area contributed by atoms with Crippen LogP contribution in [0.2, 0.25) is 0 Å². The third-order valence-electron chi connectivity index (χ3n) is 4.18. The topological polar surface area (TPSA) is 56.5 Å². The van der Waals surface area contributed by atoms with Gasteiger partial charge in [0, 0.05) is 28.6 Å². The molecule has 1 N–H and O–H groups in total. The smallest absolute Gasteiger partial charge is 0.203 e. The van der Waals surface area contributed by atoms with E-state index in [0.717, 1.165) is 33.1 Å². The van der Waals surface area contributed by atoms with Gasteiger partial charge in [0.15, 0.2) is 0 Å². The number of ether oxygens (including phenoxy) is 2. The van der Waals surface area contributed by atoms with Crippen molar-refractivity contribution in [1.82, 2.24) is 9.55 Å². The molecule has 5 heteroatoms. The highest BCUT2D eigenvalue weighted by atomic mass is 16.5. The number of aromatic hydroxyl groups is 1. The van der Waals surface area contributed by atoms with Crippen molar-refractivity contribution < 1.29 is 14.6 Å². The lowest BCUT2D eigenvalue weighted by atomic mass is 10.2. The van der Waals surface area contributed by atoms with Crippen molar-refractivity contribution in [2.75, 3.05) is 14.2 Å². The Morgan fingerprint density at radius 3 is 2.62 bits per heavy atom. The molecule has 24 heavy (non-hydrogen) atoms. The zero-order valence-electron chi connectivity index (χ0n) is 13.4. The van der Waals surface area contributed by atoms with E-state index < -0.39 is 0 Å². The fraction of sp³-hybridized carbons (Fsp3) is 0.105. The van der Waals surface area contributed by atoms with E-state index in [2.05, 4.69) is 4.98 Å². The van der Waals surface area contributed by atoms with E-state index in [1.165, 1.54) is 0 Å². The van der Waals surface area contributed by atoms with Gasteiger partial charge in [-0.2, -0.15) is 0 Å². The lowest BCUT2D eigenvalue weighted by molar-refractivity contribution is 0.414. The fourth-order valence-corrected chi connectivity index (χ4v) is 2.93. The van der Waals surface area contributed by atoms with Gasteiger partial charge < -0.3 is 14.6 Å². The summed E-state index contributed by atoms with van der Waals surface area (Å²) in [6, 6.07) is 13.3. The van der Waals surface area contributed by atoms with E-state index in [9.17, 15) is 5.11 Å². The maximum atomic E-state index is 10.6. The first-order chi connectivity index (χ1) is 11.7. The number of rotatable bonds is 3. The Labute approximate surface area is 138 Å². The van der Waals surface area contributed by atoms with Crippen LogP contribution in [0.3, 0.4) is 0 Å². The molecule has 0 unspecified atom stereocenters. The molecule has 0 aliphatic heterocycles. The second-order valence-corrected chi connectivity index (χ2v) is 5.49. The summed E-state index contributed by atoms with van der Waals surface area (Å²) in [6.07, 6.45) is 3.60. The molecule has 0 aliphatic rings. The van der Waals surface area contributed by atoms with Crippen LogP contribution in [0.4, 0.5) is 0 Å². The van der Waals surface area contributed by atoms with E-state index in [0.29, 0.717) is 5.75 Å². The Bertz CT molecular complexity index is 1050. The predicted molar refractivity (Wildman–Crippen MR) is 93.3 cm³/mol. The van der Waals surface area contributed by atoms with Gasteiger partial charge in [-0.15, -0.1) is 0 Å². The minimum Gasteiger partial charge on any atom is -0.497 e. The summed E-state index contributed by atoms with van der Waals surface area (Å²) in [6.45, 7) is 0. The highest BCUT2D eigenvalue weighted by Crippen LogP contribution is 2.34. The monoisotopic (exact) mass is 320 g/mol. The molecule has 0 radical (unpaired) electrons. The summed E-state index contributed by atoms with van der Waals surface area (Å²) < 4.78 is 12.3. The minimum atomic E-state index is 0.172. The maximum absolute atomic E-state index is 10.6. The van der Waals surface area contributed by atoms with E-state index in [1.807, 2.05) is 48.7 Å². The van der Waals surface area contributed by atoms with Crippen molar-refractivity contribution in [3.63, 3.8) is 0 Å². The molecule has 2 aromatic carbocycles. The van der Waals surface area contributed by atoms with Gasteiger partial charge in [0.05, 0.1) is 25.4 Å². The van der Waals surface area contributed by atoms with Crippen LogP contribution in [0.5, 0.6) is 17.4 Å². The number of hydrogen-bond donors (Lipinski definition) is 1. The molecular formula is C19H16N2O3. The van der Waals surface area contributed by atoms with Crippen LogP contribution in [-0.2, 0) is 0 Å². The first-order valence-electron chi connectivity index (χ1n) is 7.52. The third-order valence-corrected chi connectivity index (χ3v) is 4.18. The molecule has 0 spiro atoms. The molecule has 0 saturated carbocycles. The number of fused-ring (bicyclic) bond motifs is 2. The molecule has 0 atom stereocenters. The van der Waals surface area contributed by atoms with Crippen molar-refractivity contribution in [1.29, 1.82) is 0 Å². The fourth-order valence-electron chi connectivity index (χ4n) is 2.93. The molecule has 4 aromatic rings. The summed E-state index contributed by atoms with van der Waals surface area (Å²) >= 11 is 0. The van der Waals surface area contributed by atoms with Crippen molar-refractivity contribution >= 4 is 21.7 Å². The van der Waals surface area contributed by atoms with Crippen molar-refractivity contribution in [3.05, 3.63) is 54.9 Å². The predicted octanol–water partition coefficient (Wildman–Crippen LogP) is 3.90. The van der Waals surface area contributed by atoms with Crippen LogP contribution >= 0.6 is 0 Å². The summed E-state index contributed by atoms with van der Waals surface area (Å²) in [5.41, 5.74) is 1.64. The number of aromatic nitrogens is 2. The van der Waals surface area contributed by atoms with E-state index in [1.54, 1.807) is 25.0 Å². The molecule has 0 aliphatic carbocycles. The number of nitrogens with zero attached hydrogens (tertiary/aromatic N) is 2. The Kier molecular flexibility index (Phi) is 3.27. The summed E-state index contributed by atoms with van der Waals surface area (Å²) in [4.78, 5) is 4.39. The van der Waals surface area contributed by atoms with Gasteiger partial charge in [0.25, 0.3) is 0 Å². The molecule has 2 heterocycles. The maximum Gasteiger partial charge on any atom is 0.203 e. The zero-order valence-corrected chi connectivity index (χ0v) is 13.4. The van der Waals surface area contributed by atoms with Crippen LogP contribution in [0.25, 0.3) is 27.4 Å². The molecular weight excluding hydrogens is 304 g/mol. The van der Waals surface area contributed by atoms with Gasteiger partial charge in [0.1, 0.15) is 11.5 Å². The van der Waals surface area contributed by atoms with Crippen LogP contribution < -0.4 is 9.47 Å². The highest BCUT2D eigenvalue weighted by molar-refractivity contribution is 5.91. The summed E-state index contributed by atoms with van der Waals surface area (Å²) in [5, 5.41) is 13.2. The second kappa shape index (κ2) is 5.45. The number of methoxy groups -OCH3 is 2. The number of benzene rings is 2. The Morgan fingerprint density at radius 1 is 0.958 bits per heavy atom. The average molecular weight is 320 g/mol. The third kappa shape index (κ3) is 2.13. The van der Waals surface area contributed by atoms with Gasteiger partial charge in [0.2, 0.25) is 5.88 Å². The highest BCUT2D eigenvalue weighted by Gasteiger charge is 2.12. The average Bonchev–Trinajstić information content (AvgIpc) is 2.96. The standard InChI is InChI=1S/C19H16N2O3/c1-23-14-5-3-12-11-21(19(22)16(12)10-14)13-4-6-15-17(9-13)20-8-7-18(15)24-2/h3-11,22H,1-2H3. The zero-order chi connectivity index (χ0) is 16.7. The van der Waals surface area contributed by atoms with Gasteiger partial charge in [-0.3, -0.25) is 9.55 Å². The number of hydrogen-bond acceptors (Lipinski definition) is 4. The Hall–Kier alpha value is -3.21. The van der Waals surface area contributed by atoms with E-state index >= 15 is 0 Å². The van der Waals surface area contributed by atoms with Gasteiger partial charge in [-0.05, 0) is 42.5 Å². The number of pyridine rings is 1. The van der Waals surface area contributed by atoms with Crippen molar-refractivity contribution in [3.8, 4) is 23.1 Å². The van der Waals surface area contributed by atoms with Crippen LogP contribution in [-0.4, -0.2) is 28.9 Å². The SMILES string of the molecule is COc1ccc2cn(-c3ccc4c(OC)ccnc4c3)c(O)c2c1. The molecule has 0 saturated heterocycles. The molecule has 2 aromatic heterocycles. The van der Waals surface area contributed by atoms with Crippen LogP contribution in [0.1, 0.15) is 0 Å². The molecule has 120 valence electrons. The largest absolute Gasteiger partial charge is 0.497 e. The van der Waals surface area contributed by atoms with Crippen LogP contribution in [0, 0.1) is 0 Å².